The van der Waals surface area contributed by atoms with E-state index in [9.17, 15) is 61.0 Å². The highest BCUT2D eigenvalue weighted by atomic mass is 16.8. The molecule has 3 aliphatic heterocycles. The van der Waals surface area contributed by atoms with Crippen LogP contribution in [0.5, 0.6) is 0 Å². The van der Waals surface area contributed by atoms with E-state index in [-0.39, 0.29) is 18.9 Å². The van der Waals surface area contributed by atoms with Gasteiger partial charge >= 0.3 is 0 Å². The second-order valence-electron chi connectivity index (χ2n) is 26.4. The molecule has 3 saturated heterocycles. The monoisotopic (exact) mass is 1310 g/mol. The average molecular weight is 1310 g/mol. The Hall–Kier alpha value is -2.25. The molecule has 0 radical (unpaired) electrons. The Morgan fingerprint density at radius 2 is 0.728 bits per heavy atom. The van der Waals surface area contributed by atoms with E-state index in [1.807, 2.05) is 6.08 Å². The highest BCUT2D eigenvalue weighted by Crippen LogP contribution is 2.33. The maximum absolute atomic E-state index is 13.4. The van der Waals surface area contributed by atoms with Gasteiger partial charge in [0.2, 0.25) is 5.91 Å². The van der Waals surface area contributed by atoms with Crippen molar-refractivity contribution in [1.82, 2.24) is 5.32 Å². The normalized spacial score (nSPS) is 27.9. The second kappa shape index (κ2) is 54.7. The first kappa shape index (κ1) is 84.0. The number of carbonyl (C=O) groups is 1. The van der Waals surface area contributed by atoms with Crippen molar-refractivity contribution in [2.45, 2.75) is 381 Å². The van der Waals surface area contributed by atoms with Crippen molar-refractivity contribution >= 4 is 5.91 Å². The minimum absolute atomic E-state index is 0.234. The first-order valence-electron chi connectivity index (χ1n) is 36.9. The first-order chi connectivity index (χ1) is 44.8. The summed E-state index contributed by atoms with van der Waals surface area (Å²) < 4.78 is 34.2. The molecule has 3 heterocycles. The van der Waals surface area contributed by atoms with Gasteiger partial charge in [0.15, 0.2) is 18.9 Å². The Balaban J connectivity index is 1.28. The predicted molar refractivity (Wildman–Crippen MR) is 360 cm³/mol. The molecule has 19 nitrogen and oxygen atoms in total. The van der Waals surface area contributed by atoms with E-state index < -0.39 is 124 Å². The number of rotatable bonds is 57. The van der Waals surface area contributed by atoms with Gasteiger partial charge < -0.3 is 89.9 Å². The topological polar surface area (TPSA) is 307 Å². The number of unbranched alkanes of at least 4 members (excludes halogenated alkanes) is 35. The summed E-state index contributed by atoms with van der Waals surface area (Å²) in [5, 5.41) is 120. The third-order valence-corrected chi connectivity index (χ3v) is 18.3. The smallest absolute Gasteiger partial charge is 0.220 e. The highest BCUT2D eigenvalue weighted by molar-refractivity contribution is 5.76. The summed E-state index contributed by atoms with van der Waals surface area (Å²) in [5.41, 5.74) is 0. The van der Waals surface area contributed by atoms with Crippen molar-refractivity contribution < 1.29 is 89.4 Å². The quantitative estimate of drug-likeness (QED) is 0.0199. The fraction of sp³-hybridized carbons (Fsp3) is 0.877. The molecule has 0 saturated carbocycles. The van der Waals surface area contributed by atoms with Gasteiger partial charge in [-0.15, -0.1) is 0 Å². The highest BCUT2D eigenvalue weighted by Gasteiger charge is 2.53. The predicted octanol–water partition coefficient (Wildman–Crippen LogP) is 10.6. The molecule has 0 aliphatic carbocycles. The largest absolute Gasteiger partial charge is 0.394 e. The van der Waals surface area contributed by atoms with Crippen LogP contribution in [0.25, 0.3) is 0 Å². The van der Waals surface area contributed by atoms with Crippen LogP contribution in [0.15, 0.2) is 48.6 Å². The molecule has 3 fully saturated rings. The summed E-state index contributed by atoms with van der Waals surface area (Å²) in [4.78, 5) is 13.4. The SMILES string of the molecule is CC/C=C/CC/C=C/CC/C=C/C(O)C(COC1OC(CO)C(OC2OC(CO)C(OC3OC(CO)C(O)C(O)C3O)C(O)C2O)C(O)C1O)NC(=O)CCCCCCCCCCCCCCCCCCCCCCCCCCC/C=C\CCCCCCCCCC. The molecule has 3 rings (SSSR count). The summed E-state index contributed by atoms with van der Waals surface area (Å²) in [7, 11) is 0. The maximum atomic E-state index is 13.4. The van der Waals surface area contributed by atoms with Gasteiger partial charge in [0, 0.05) is 6.42 Å². The van der Waals surface area contributed by atoms with Gasteiger partial charge in [0.1, 0.15) is 73.2 Å². The zero-order chi connectivity index (χ0) is 66.8. The standard InChI is InChI=1S/C73H133NO18/c1-3-5-7-9-11-13-15-16-17-18-19-20-21-22-23-24-25-26-27-28-29-30-31-32-33-34-35-36-37-38-39-40-41-43-45-47-49-51-61(79)74-56(57(78)50-48-46-44-42-14-12-10-8-6-4-2)55-87-71-67(85)64(82)69(59(53-76)89-71)92-73-68(86)65(83)70(60(54-77)90-73)91-72-66(84)63(81)62(80)58(52-75)88-72/h6,8,14,18-19,42,48,50,56-60,62-73,75-78,80-86H,3-5,7,9-13,15-17,20-41,43-47,49,51-55H2,1-2H3,(H,74,79)/b8-6+,19-18-,42-14+,50-48+. The fourth-order valence-corrected chi connectivity index (χ4v) is 12.4. The number of ether oxygens (including phenoxy) is 6. The van der Waals surface area contributed by atoms with E-state index in [1.165, 1.54) is 199 Å². The Kier molecular flexibility index (Phi) is 50.0. The number of hydrogen-bond donors (Lipinski definition) is 12. The summed E-state index contributed by atoms with van der Waals surface area (Å²) >= 11 is 0. The number of aliphatic hydroxyl groups excluding tert-OH is 11. The maximum Gasteiger partial charge on any atom is 0.220 e. The Morgan fingerprint density at radius 3 is 1.14 bits per heavy atom. The number of amides is 1. The lowest BCUT2D eigenvalue weighted by Gasteiger charge is -2.48. The van der Waals surface area contributed by atoms with E-state index >= 15 is 0 Å². The van der Waals surface area contributed by atoms with Crippen molar-refractivity contribution in [3.63, 3.8) is 0 Å². The minimum Gasteiger partial charge on any atom is -0.394 e. The lowest BCUT2D eigenvalue weighted by molar-refractivity contribution is -0.379. The molecule has 17 atom stereocenters. The van der Waals surface area contributed by atoms with Crippen molar-refractivity contribution in [3.05, 3.63) is 48.6 Å². The molecule has 0 aromatic carbocycles. The number of nitrogens with one attached hydrogen (secondary N) is 1. The number of carbonyl (C=O) groups excluding carboxylic acids is 1. The molecule has 12 N–H and O–H groups in total. The van der Waals surface area contributed by atoms with Crippen molar-refractivity contribution in [3.8, 4) is 0 Å². The van der Waals surface area contributed by atoms with E-state index in [0.717, 1.165) is 44.9 Å². The molecule has 1 amide bonds. The van der Waals surface area contributed by atoms with Crippen molar-refractivity contribution in [1.29, 1.82) is 0 Å². The lowest BCUT2D eigenvalue weighted by Crippen LogP contribution is -2.66. The van der Waals surface area contributed by atoms with E-state index in [1.54, 1.807) is 6.08 Å². The first-order valence-corrected chi connectivity index (χ1v) is 36.9. The zero-order valence-corrected chi connectivity index (χ0v) is 57.0. The molecule has 0 bridgehead atoms. The van der Waals surface area contributed by atoms with E-state index in [2.05, 4.69) is 55.6 Å². The van der Waals surface area contributed by atoms with Gasteiger partial charge in [0.05, 0.1) is 38.6 Å². The average Bonchev–Trinajstić information content (AvgIpc) is 0.803. The molecule has 538 valence electrons. The summed E-state index contributed by atoms with van der Waals surface area (Å²) in [6, 6.07) is -0.994. The number of hydrogen-bond acceptors (Lipinski definition) is 18. The Labute approximate surface area is 554 Å². The molecule has 0 aromatic rings. The molecular formula is C73H133NO18. The second-order valence-corrected chi connectivity index (χ2v) is 26.4. The molecule has 19 heteroatoms. The minimum atomic E-state index is -1.98. The van der Waals surface area contributed by atoms with Crippen LogP contribution in [0.1, 0.15) is 277 Å². The van der Waals surface area contributed by atoms with Crippen LogP contribution in [0.3, 0.4) is 0 Å². The molecular weight excluding hydrogens is 1180 g/mol. The van der Waals surface area contributed by atoms with Gasteiger partial charge in [-0.2, -0.15) is 0 Å². The van der Waals surface area contributed by atoms with E-state index in [4.69, 9.17) is 28.4 Å². The number of allylic oxidation sites excluding steroid dienone is 7. The van der Waals surface area contributed by atoms with Crippen LogP contribution in [0, 0.1) is 0 Å². The summed E-state index contributed by atoms with van der Waals surface area (Å²) in [6.45, 7) is 1.58. The molecule has 92 heavy (non-hydrogen) atoms. The number of aliphatic hydroxyl groups is 11. The molecule has 17 unspecified atom stereocenters. The van der Waals surface area contributed by atoms with Crippen molar-refractivity contribution in [2.24, 2.45) is 0 Å². The fourth-order valence-electron chi connectivity index (χ4n) is 12.4. The van der Waals surface area contributed by atoms with Crippen LogP contribution in [0.2, 0.25) is 0 Å². The molecule has 3 aliphatic rings. The van der Waals surface area contributed by atoms with Crippen LogP contribution >= 0.6 is 0 Å². The third-order valence-electron chi connectivity index (χ3n) is 18.3. The Morgan fingerprint density at radius 1 is 0.391 bits per heavy atom. The Bertz CT molecular complexity index is 1860. The van der Waals surface area contributed by atoms with Gasteiger partial charge in [0.25, 0.3) is 0 Å². The zero-order valence-electron chi connectivity index (χ0n) is 57.0. The van der Waals surface area contributed by atoms with E-state index in [0.29, 0.717) is 12.8 Å². The van der Waals surface area contributed by atoms with Crippen molar-refractivity contribution in [2.75, 3.05) is 26.4 Å². The van der Waals surface area contributed by atoms with Gasteiger partial charge in [-0.1, -0.05) is 255 Å². The van der Waals surface area contributed by atoms with Crippen LogP contribution < -0.4 is 5.32 Å². The van der Waals surface area contributed by atoms with Gasteiger partial charge in [-0.05, 0) is 64.2 Å². The van der Waals surface area contributed by atoms with Gasteiger partial charge in [-0.25, -0.2) is 0 Å². The third kappa shape index (κ3) is 35.8. The van der Waals surface area contributed by atoms with Gasteiger partial charge in [-0.3, -0.25) is 4.79 Å². The lowest BCUT2D eigenvalue weighted by atomic mass is 9.96. The van der Waals surface area contributed by atoms with Crippen LogP contribution in [0.4, 0.5) is 0 Å². The summed E-state index contributed by atoms with van der Waals surface area (Å²) in [5.74, 6) is -0.289. The molecule has 0 spiro atoms. The van der Waals surface area contributed by atoms with Crippen LogP contribution in [-0.4, -0.2) is 193 Å². The van der Waals surface area contributed by atoms with Crippen LogP contribution in [-0.2, 0) is 33.2 Å². The summed E-state index contributed by atoms with van der Waals surface area (Å²) in [6.07, 6.45) is 40.3. The molecule has 0 aromatic heterocycles.